The molecule has 0 spiro atoms. The fourth-order valence-electron chi connectivity index (χ4n) is 4.62. The van der Waals surface area contributed by atoms with E-state index in [0.29, 0.717) is 5.75 Å². The van der Waals surface area contributed by atoms with Gasteiger partial charge < -0.3 is 15.0 Å². The fourth-order valence-corrected chi connectivity index (χ4v) is 6.18. The Labute approximate surface area is 208 Å². The molecule has 34 heavy (non-hydrogen) atoms. The minimum absolute atomic E-state index is 0.0153. The number of nitrogens with one attached hydrogen (secondary N) is 1. The predicted molar refractivity (Wildman–Crippen MR) is 137 cm³/mol. The minimum atomic E-state index is -0.150. The summed E-state index contributed by atoms with van der Waals surface area (Å²) in [5.74, 6) is 1.19. The molecule has 0 aliphatic carbocycles. The molecule has 5 rings (SSSR count). The van der Waals surface area contributed by atoms with Crippen molar-refractivity contribution in [2.45, 2.75) is 56.0 Å². The van der Waals surface area contributed by atoms with E-state index in [1.807, 2.05) is 29.6 Å². The zero-order chi connectivity index (χ0) is 23.2. The van der Waals surface area contributed by atoms with Crippen LogP contribution in [0.1, 0.15) is 48.6 Å². The number of hydrogen-bond acceptors (Lipinski definition) is 7. The molecule has 180 valence electrons. The predicted octanol–water partition coefficient (Wildman–Crippen LogP) is 4.51. The molecule has 2 aliphatic rings. The first-order valence-corrected chi connectivity index (χ1v) is 13.9. The van der Waals surface area contributed by atoms with Crippen molar-refractivity contribution in [1.29, 1.82) is 0 Å². The lowest BCUT2D eigenvalue weighted by atomic mass is 10.1. The number of benzene rings is 1. The highest BCUT2D eigenvalue weighted by Gasteiger charge is 2.25. The Morgan fingerprint density at radius 1 is 1.12 bits per heavy atom. The van der Waals surface area contributed by atoms with E-state index in [9.17, 15) is 4.79 Å². The molecule has 2 saturated heterocycles. The van der Waals surface area contributed by atoms with Gasteiger partial charge in [0, 0.05) is 24.6 Å². The van der Waals surface area contributed by atoms with Gasteiger partial charge in [0.15, 0.2) is 5.16 Å². The first-order valence-electron chi connectivity index (χ1n) is 12.1. The summed E-state index contributed by atoms with van der Waals surface area (Å²) in [6.45, 7) is 3.58. The number of carbonyl (C=O) groups is 1. The second-order valence-electron chi connectivity index (χ2n) is 8.79. The molecule has 3 aromatic rings. The number of amides is 1. The average molecular weight is 498 g/mol. The van der Waals surface area contributed by atoms with E-state index >= 15 is 0 Å². The lowest BCUT2D eigenvalue weighted by Gasteiger charge is -2.28. The topological polar surface area (TPSA) is 72.3 Å². The van der Waals surface area contributed by atoms with Gasteiger partial charge in [-0.1, -0.05) is 48.2 Å². The van der Waals surface area contributed by atoms with Crippen LogP contribution in [-0.2, 0) is 16.1 Å². The molecule has 2 fully saturated rings. The summed E-state index contributed by atoms with van der Waals surface area (Å²) < 4.78 is 8.08. The van der Waals surface area contributed by atoms with Gasteiger partial charge in [0.05, 0.1) is 24.4 Å². The number of rotatable bonds is 9. The number of anilines is 1. The summed E-state index contributed by atoms with van der Waals surface area (Å²) >= 11 is 3.11. The highest BCUT2D eigenvalue weighted by molar-refractivity contribution is 7.99. The molecule has 2 atom stereocenters. The van der Waals surface area contributed by atoms with E-state index < -0.39 is 0 Å². The first kappa shape index (κ1) is 23.4. The van der Waals surface area contributed by atoms with Gasteiger partial charge in [-0.15, -0.1) is 21.5 Å². The van der Waals surface area contributed by atoms with Gasteiger partial charge in [0.1, 0.15) is 0 Å². The monoisotopic (exact) mass is 497 g/mol. The van der Waals surface area contributed by atoms with E-state index in [4.69, 9.17) is 4.74 Å². The maximum Gasteiger partial charge on any atom is 0.231 e. The van der Waals surface area contributed by atoms with Crippen LogP contribution >= 0.6 is 23.1 Å². The zero-order valence-electron chi connectivity index (χ0n) is 19.3. The zero-order valence-corrected chi connectivity index (χ0v) is 20.9. The van der Waals surface area contributed by atoms with Crippen LogP contribution in [0.5, 0.6) is 0 Å². The van der Waals surface area contributed by atoms with E-state index in [1.165, 1.54) is 31.0 Å². The Bertz CT molecular complexity index is 1040. The maximum absolute atomic E-state index is 13.0. The number of hydrogen-bond donors (Lipinski definition) is 1. The van der Waals surface area contributed by atoms with Crippen molar-refractivity contribution in [2.24, 2.45) is 0 Å². The van der Waals surface area contributed by atoms with Crippen molar-refractivity contribution in [3.05, 3.63) is 58.3 Å². The van der Waals surface area contributed by atoms with Crippen LogP contribution in [0.25, 0.3) is 0 Å². The summed E-state index contributed by atoms with van der Waals surface area (Å²) in [4.78, 5) is 16.5. The van der Waals surface area contributed by atoms with Crippen molar-refractivity contribution < 1.29 is 9.53 Å². The standard InChI is InChI=1S/C25H31N5O2S2/c31-22(26-23(21-12-8-16-33-21)19-9-3-1-4-10-19)18-34-25-28-27-24(29-13-5-2-6-14-29)30(25)17-20-11-7-15-32-20/h1,3-4,8-10,12,16,20,23H,2,5-7,11,13-15,17-18H2,(H,26,31). The van der Waals surface area contributed by atoms with E-state index in [0.717, 1.165) is 60.6 Å². The second kappa shape index (κ2) is 11.4. The molecule has 2 aromatic heterocycles. The Morgan fingerprint density at radius 2 is 1.97 bits per heavy atom. The highest BCUT2D eigenvalue weighted by atomic mass is 32.2. The molecule has 0 bridgehead atoms. The molecule has 9 heteroatoms. The molecule has 1 N–H and O–H groups in total. The third-order valence-corrected chi connectivity index (χ3v) is 8.25. The molecule has 0 saturated carbocycles. The Morgan fingerprint density at radius 3 is 2.71 bits per heavy atom. The molecular weight excluding hydrogens is 466 g/mol. The van der Waals surface area contributed by atoms with E-state index in [-0.39, 0.29) is 18.1 Å². The van der Waals surface area contributed by atoms with Crippen LogP contribution in [0.15, 0.2) is 53.0 Å². The van der Waals surface area contributed by atoms with Crippen molar-refractivity contribution in [3.8, 4) is 0 Å². The number of thiophene rings is 1. The Hall–Kier alpha value is -2.36. The van der Waals surface area contributed by atoms with Crippen molar-refractivity contribution >= 4 is 35.0 Å². The minimum Gasteiger partial charge on any atom is -0.376 e. The number of nitrogens with zero attached hydrogens (tertiary/aromatic N) is 4. The van der Waals surface area contributed by atoms with Crippen molar-refractivity contribution in [1.82, 2.24) is 20.1 Å². The average Bonchev–Trinajstić information content (AvgIpc) is 3.66. The van der Waals surface area contributed by atoms with Crippen molar-refractivity contribution in [2.75, 3.05) is 30.3 Å². The van der Waals surface area contributed by atoms with Crippen LogP contribution in [0.3, 0.4) is 0 Å². The Kier molecular flexibility index (Phi) is 7.83. The van der Waals surface area contributed by atoms with Crippen LogP contribution in [-0.4, -0.2) is 52.2 Å². The lowest BCUT2D eigenvalue weighted by molar-refractivity contribution is -0.119. The van der Waals surface area contributed by atoms with Crippen LogP contribution in [0.2, 0.25) is 0 Å². The largest absolute Gasteiger partial charge is 0.376 e. The SMILES string of the molecule is O=C(CSc1nnc(N2CCCCC2)n1CC1CCCO1)NC(c1ccccc1)c1cccs1. The van der Waals surface area contributed by atoms with Gasteiger partial charge in [0.2, 0.25) is 11.9 Å². The number of piperidine rings is 1. The molecular formula is C25H31N5O2S2. The quantitative estimate of drug-likeness (QED) is 0.439. The Balaban J connectivity index is 1.28. The fraction of sp³-hybridized carbons (Fsp3) is 0.480. The molecule has 7 nitrogen and oxygen atoms in total. The van der Waals surface area contributed by atoms with Crippen molar-refractivity contribution in [3.63, 3.8) is 0 Å². The van der Waals surface area contributed by atoms with Gasteiger partial charge in [-0.05, 0) is 49.1 Å². The molecule has 4 heterocycles. The number of carbonyl (C=O) groups excluding carboxylic acids is 1. The smallest absolute Gasteiger partial charge is 0.231 e. The third kappa shape index (κ3) is 5.64. The molecule has 1 amide bonds. The number of aromatic nitrogens is 3. The van der Waals surface area contributed by atoms with Crippen LogP contribution < -0.4 is 10.2 Å². The van der Waals surface area contributed by atoms with Gasteiger partial charge in [-0.3, -0.25) is 9.36 Å². The summed E-state index contributed by atoms with van der Waals surface area (Å²) in [6.07, 6.45) is 5.98. The first-order chi connectivity index (χ1) is 16.8. The molecule has 0 radical (unpaired) electrons. The van der Waals surface area contributed by atoms with E-state index in [1.54, 1.807) is 11.3 Å². The van der Waals surface area contributed by atoms with Gasteiger partial charge >= 0.3 is 0 Å². The third-order valence-electron chi connectivity index (χ3n) is 6.34. The van der Waals surface area contributed by atoms with Crippen LogP contribution in [0, 0.1) is 0 Å². The molecule has 2 unspecified atom stereocenters. The second-order valence-corrected chi connectivity index (χ2v) is 10.7. The van der Waals surface area contributed by atoms with Crippen LogP contribution in [0.4, 0.5) is 5.95 Å². The normalized spacial score (nSPS) is 19.3. The molecule has 2 aliphatic heterocycles. The summed E-state index contributed by atoms with van der Waals surface area (Å²) in [5.41, 5.74) is 1.08. The maximum atomic E-state index is 13.0. The van der Waals surface area contributed by atoms with E-state index in [2.05, 4.69) is 43.2 Å². The van der Waals surface area contributed by atoms with Gasteiger partial charge in [0.25, 0.3) is 0 Å². The summed E-state index contributed by atoms with van der Waals surface area (Å²) in [5, 5.41) is 15.1. The number of ether oxygens (including phenoxy) is 1. The number of thioether (sulfide) groups is 1. The van der Waals surface area contributed by atoms with Gasteiger partial charge in [-0.25, -0.2) is 0 Å². The summed E-state index contributed by atoms with van der Waals surface area (Å²) in [6, 6.07) is 14.1. The highest BCUT2D eigenvalue weighted by Crippen LogP contribution is 2.29. The summed E-state index contributed by atoms with van der Waals surface area (Å²) in [7, 11) is 0. The molecule has 1 aromatic carbocycles. The lowest BCUT2D eigenvalue weighted by Crippen LogP contribution is -2.33. The van der Waals surface area contributed by atoms with Gasteiger partial charge in [-0.2, -0.15) is 0 Å².